The van der Waals surface area contributed by atoms with Crippen LogP contribution in [-0.4, -0.2) is 11.8 Å². The standard InChI is InChI=1S/C18H26N2O2/c1-13(2)16(21)20-15-8-6-7-14(11-15)12-18(17(19)22)9-4-3-5-10-18/h6-8,11,13H,3-5,9-10,12H2,1-2H3,(H2,19,22)(H,20,21). The van der Waals surface area contributed by atoms with E-state index in [9.17, 15) is 9.59 Å². The number of benzene rings is 1. The summed E-state index contributed by atoms with van der Waals surface area (Å²) in [4.78, 5) is 23.8. The predicted octanol–water partition coefficient (Wildman–Crippen LogP) is 3.26. The molecule has 0 aliphatic heterocycles. The first kappa shape index (κ1) is 16.5. The van der Waals surface area contributed by atoms with Gasteiger partial charge in [0, 0.05) is 11.6 Å². The summed E-state index contributed by atoms with van der Waals surface area (Å²) in [5, 5.41) is 2.91. The van der Waals surface area contributed by atoms with Crippen LogP contribution in [0.1, 0.15) is 51.5 Å². The third-order valence-electron chi connectivity index (χ3n) is 4.59. The molecule has 22 heavy (non-hydrogen) atoms. The lowest BCUT2D eigenvalue weighted by Crippen LogP contribution is -2.40. The maximum Gasteiger partial charge on any atom is 0.226 e. The van der Waals surface area contributed by atoms with Crippen LogP contribution in [0.2, 0.25) is 0 Å². The van der Waals surface area contributed by atoms with Crippen LogP contribution in [0.25, 0.3) is 0 Å². The summed E-state index contributed by atoms with van der Waals surface area (Å²) in [5.74, 6) is -0.248. The molecular formula is C18H26N2O2. The summed E-state index contributed by atoms with van der Waals surface area (Å²) >= 11 is 0. The molecule has 0 saturated heterocycles. The van der Waals surface area contributed by atoms with Crippen molar-refractivity contribution in [2.45, 2.75) is 52.4 Å². The van der Waals surface area contributed by atoms with Gasteiger partial charge in [-0.05, 0) is 37.0 Å². The first-order valence-corrected chi connectivity index (χ1v) is 8.13. The summed E-state index contributed by atoms with van der Waals surface area (Å²) < 4.78 is 0. The number of anilines is 1. The highest BCUT2D eigenvalue weighted by Gasteiger charge is 2.37. The molecule has 0 heterocycles. The fourth-order valence-corrected chi connectivity index (χ4v) is 3.18. The van der Waals surface area contributed by atoms with Crippen LogP contribution in [0.3, 0.4) is 0 Å². The number of carbonyl (C=O) groups excluding carboxylic acids is 2. The van der Waals surface area contributed by atoms with Crippen LogP contribution < -0.4 is 11.1 Å². The van der Waals surface area contributed by atoms with Gasteiger partial charge in [0.05, 0.1) is 5.41 Å². The molecule has 4 nitrogen and oxygen atoms in total. The fourth-order valence-electron chi connectivity index (χ4n) is 3.18. The zero-order chi connectivity index (χ0) is 16.2. The highest BCUT2D eigenvalue weighted by molar-refractivity contribution is 5.92. The Morgan fingerprint density at radius 3 is 2.50 bits per heavy atom. The Labute approximate surface area is 132 Å². The number of nitrogens with one attached hydrogen (secondary N) is 1. The van der Waals surface area contributed by atoms with Gasteiger partial charge in [0.2, 0.25) is 11.8 Å². The molecule has 3 N–H and O–H groups in total. The number of amides is 2. The lowest BCUT2D eigenvalue weighted by atomic mass is 9.70. The van der Waals surface area contributed by atoms with Crippen molar-refractivity contribution >= 4 is 17.5 Å². The Morgan fingerprint density at radius 2 is 1.91 bits per heavy atom. The van der Waals surface area contributed by atoms with Crippen molar-refractivity contribution in [2.75, 3.05) is 5.32 Å². The van der Waals surface area contributed by atoms with E-state index in [0.29, 0.717) is 6.42 Å². The van der Waals surface area contributed by atoms with Crippen molar-refractivity contribution in [3.63, 3.8) is 0 Å². The molecule has 1 fully saturated rings. The van der Waals surface area contributed by atoms with Gasteiger partial charge in [-0.1, -0.05) is 45.2 Å². The van der Waals surface area contributed by atoms with Crippen LogP contribution in [0.4, 0.5) is 5.69 Å². The lowest BCUT2D eigenvalue weighted by Gasteiger charge is -2.34. The minimum Gasteiger partial charge on any atom is -0.369 e. The fraction of sp³-hybridized carbons (Fsp3) is 0.556. The summed E-state index contributed by atoms with van der Waals surface area (Å²) in [7, 11) is 0. The number of rotatable bonds is 5. The molecule has 120 valence electrons. The molecule has 2 amide bonds. The second kappa shape index (κ2) is 6.95. The van der Waals surface area contributed by atoms with Crippen molar-refractivity contribution in [3.8, 4) is 0 Å². The molecule has 1 aromatic rings. The number of hydrogen-bond donors (Lipinski definition) is 2. The first-order valence-electron chi connectivity index (χ1n) is 8.13. The van der Waals surface area contributed by atoms with E-state index in [1.807, 2.05) is 38.1 Å². The van der Waals surface area contributed by atoms with Gasteiger partial charge in [-0.15, -0.1) is 0 Å². The van der Waals surface area contributed by atoms with Crippen LogP contribution >= 0.6 is 0 Å². The molecule has 1 aliphatic carbocycles. The Kier molecular flexibility index (Phi) is 5.22. The highest BCUT2D eigenvalue weighted by atomic mass is 16.2. The Morgan fingerprint density at radius 1 is 1.23 bits per heavy atom. The summed E-state index contributed by atoms with van der Waals surface area (Å²) in [6.07, 6.45) is 5.70. The van der Waals surface area contributed by atoms with Gasteiger partial charge in [0.25, 0.3) is 0 Å². The molecule has 0 unspecified atom stereocenters. The smallest absolute Gasteiger partial charge is 0.226 e. The second-order valence-electron chi connectivity index (χ2n) is 6.73. The third kappa shape index (κ3) is 3.87. The van der Waals surface area contributed by atoms with Gasteiger partial charge in [-0.3, -0.25) is 9.59 Å². The molecule has 0 bridgehead atoms. The Bertz CT molecular complexity index is 546. The minimum atomic E-state index is -0.418. The van der Waals surface area contributed by atoms with E-state index >= 15 is 0 Å². The van der Waals surface area contributed by atoms with E-state index in [1.54, 1.807) is 0 Å². The molecular weight excluding hydrogens is 276 g/mol. The summed E-state index contributed by atoms with van der Waals surface area (Å²) in [6.45, 7) is 3.73. The van der Waals surface area contributed by atoms with E-state index in [1.165, 1.54) is 6.42 Å². The minimum absolute atomic E-state index is 0.000527. The van der Waals surface area contributed by atoms with E-state index in [4.69, 9.17) is 5.73 Å². The van der Waals surface area contributed by atoms with Gasteiger partial charge in [-0.2, -0.15) is 0 Å². The normalized spacial score (nSPS) is 17.2. The first-order chi connectivity index (χ1) is 10.4. The third-order valence-corrected chi connectivity index (χ3v) is 4.59. The van der Waals surface area contributed by atoms with Gasteiger partial charge in [0.15, 0.2) is 0 Å². The summed E-state index contributed by atoms with van der Waals surface area (Å²) in [6, 6.07) is 7.76. The number of carbonyl (C=O) groups is 2. The molecule has 1 saturated carbocycles. The maximum atomic E-state index is 12.0. The van der Waals surface area contributed by atoms with Crippen molar-refractivity contribution in [3.05, 3.63) is 29.8 Å². The zero-order valence-electron chi connectivity index (χ0n) is 13.5. The molecule has 1 aliphatic rings. The SMILES string of the molecule is CC(C)C(=O)Nc1cccc(CC2(C(N)=O)CCCCC2)c1. The maximum absolute atomic E-state index is 12.0. The predicted molar refractivity (Wildman–Crippen MR) is 88.3 cm³/mol. The van der Waals surface area contributed by atoms with E-state index in [-0.39, 0.29) is 17.7 Å². The zero-order valence-corrected chi connectivity index (χ0v) is 13.5. The molecule has 0 spiro atoms. The number of hydrogen-bond acceptors (Lipinski definition) is 2. The summed E-state index contributed by atoms with van der Waals surface area (Å²) in [5.41, 5.74) is 7.12. The van der Waals surface area contributed by atoms with Gasteiger partial charge < -0.3 is 11.1 Å². The van der Waals surface area contributed by atoms with E-state index < -0.39 is 5.41 Å². The largest absolute Gasteiger partial charge is 0.369 e. The monoisotopic (exact) mass is 302 g/mol. The van der Waals surface area contributed by atoms with Gasteiger partial charge in [0.1, 0.15) is 0 Å². The molecule has 1 aromatic carbocycles. The lowest BCUT2D eigenvalue weighted by molar-refractivity contribution is -0.129. The quantitative estimate of drug-likeness (QED) is 0.876. The molecule has 0 radical (unpaired) electrons. The molecule has 4 heteroatoms. The van der Waals surface area contributed by atoms with Gasteiger partial charge in [-0.25, -0.2) is 0 Å². The van der Waals surface area contributed by atoms with Crippen molar-refractivity contribution in [1.29, 1.82) is 0 Å². The molecule has 0 atom stereocenters. The molecule has 0 aromatic heterocycles. The average Bonchev–Trinajstić information content (AvgIpc) is 2.48. The van der Waals surface area contributed by atoms with Crippen LogP contribution in [0.5, 0.6) is 0 Å². The second-order valence-corrected chi connectivity index (χ2v) is 6.73. The van der Waals surface area contributed by atoms with Crippen molar-refractivity contribution in [1.82, 2.24) is 0 Å². The van der Waals surface area contributed by atoms with Crippen molar-refractivity contribution < 1.29 is 9.59 Å². The van der Waals surface area contributed by atoms with E-state index in [0.717, 1.165) is 36.9 Å². The van der Waals surface area contributed by atoms with Crippen molar-refractivity contribution in [2.24, 2.45) is 17.1 Å². The topological polar surface area (TPSA) is 72.2 Å². The number of primary amides is 1. The Hall–Kier alpha value is -1.84. The number of nitrogens with two attached hydrogens (primary N) is 1. The van der Waals surface area contributed by atoms with Crippen LogP contribution in [-0.2, 0) is 16.0 Å². The van der Waals surface area contributed by atoms with Crippen LogP contribution in [0.15, 0.2) is 24.3 Å². The Balaban J connectivity index is 2.15. The highest BCUT2D eigenvalue weighted by Crippen LogP contribution is 2.39. The average molecular weight is 302 g/mol. The molecule has 2 rings (SSSR count). The van der Waals surface area contributed by atoms with Gasteiger partial charge >= 0.3 is 0 Å². The van der Waals surface area contributed by atoms with E-state index in [2.05, 4.69) is 5.32 Å². The van der Waals surface area contributed by atoms with Crippen LogP contribution in [0, 0.1) is 11.3 Å².